The Morgan fingerprint density at radius 1 is 1.23 bits per heavy atom. The maximum Gasteiger partial charge on any atom is 0.293 e. The van der Waals surface area contributed by atoms with Crippen molar-refractivity contribution in [3.05, 3.63) is 62.9 Å². The first-order valence-electron chi connectivity index (χ1n) is 8.02. The first-order chi connectivity index (χ1) is 12.5. The molecule has 0 saturated carbocycles. The lowest BCUT2D eigenvalue weighted by Gasteiger charge is -2.06. The lowest BCUT2D eigenvalue weighted by molar-refractivity contribution is 0.654. The Balaban J connectivity index is 2.01. The van der Waals surface area contributed by atoms with Gasteiger partial charge in [0.05, 0.1) is 21.4 Å². The highest BCUT2D eigenvalue weighted by Gasteiger charge is 2.16. The summed E-state index contributed by atoms with van der Waals surface area (Å²) in [6, 6.07) is 9.15. The molecule has 0 fully saturated rings. The minimum Gasteiger partial charge on any atom is -0.359 e. The SMILES string of the molecule is [C-]#[N+]c1ncccc1Nc1nc(-c2ccc(Cl)c(Cl)c2)c(CC(C)C)s1. The van der Waals surface area contributed by atoms with Gasteiger partial charge in [-0.3, -0.25) is 0 Å². The van der Waals surface area contributed by atoms with Gasteiger partial charge in [-0.1, -0.05) is 49.7 Å². The molecule has 0 atom stereocenters. The first-order valence-corrected chi connectivity index (χ1v) is 9.59. The molecule has 26 heavy (non-hydrogen) atoms. The van der Waals surface area contributed by atoms with Crippen LogP contribution in [0.3, 0.4) is 0 Å². The highest BCUT2D eigenvalue weighted by molar-refractivity contribution is 7.16. The fourth-order valence-corrected chi connectivity index (χ4v) is 3.99. The van der Waals surface area contributed by atoms with E-state index in [-0.39, 0.29) is 0 Å². The zero-order valence-corrected chi connectivity index (χ0v) is 16.6. The number of aromatic nitrogens is 2. The second-order valence-corrected chi connectivity index (χ2v) is 8.03. The van der Waals surface area contributed by atoms with Crippen molar-refractivity contribution in [3.63, 3.8) is 0 Å². The molecule has 0 unspecified atom stereocenters. The van der Waals surface area contributed by atoms with Gasteiger partial charge in [0.15, 0.2) is 5.13 Å². The monoisotopic (exact) mass is 402 g/mol. The smallest absolute Gasteiger partial charge is 0.293 e. The molecule has 4 nitrogen and oxygen atoms in total. The molecule has 3 rings (SSSR count). The van der Waals surface area contributed by atoms with Gasteiger partial charge in [0.1, 0.15) is 6.20 Å². The van der Waals surface area contributed by atoms with Crippen molar-refractivity contribution in [2.75, 3.05) is 5.32 Å². The first kappa shape index (κ1) is 18.7. The van der Waals surface area contributed by atoms with E-state index in [9.17, 15) is 0 Å². The molecule has 0 amide bonds. The zero-order valence-electron chi connectivity index (χ0n) is 14.3. The van der Waals surface area contributed by atoms with Crippen LogP contribution in [-0.2, 0) is 6.42 Å². The van der Waals surface area contributed by atoms with Crippen LogP contribution in [0.25, 0.3) is 16.1 Å². The normalized spacial score (nSPS) is 10.8. The highest BCUT2D eigenvalue weighted by Crippen LogP contribution is 2.37. The molecule has 2 aromatic heterocycles. The van der Waals surface area contributed by atoms with E-state index in [2.05, 4.69) is 29.0 Å². The van der Waals surface area contributed by atoms with Gasteiger partial charge < -0.3 is 10.2 Å². The van der Waals surface area contributed by atoms with Gasteiger partial charge in [0, 0.05) is 10.4 Å². The quantitative estimate of drug-likeness (QED) is 0.466. The van der Waals surface area contributed by atoms with E-state index in [1.165, 1.54) is 0 Å². The largest absolute Gasteiger partial charge is 0.359 e. The second-order valence-electron chi connectivity index (χ2n) is 6.13. The van der Waals surface area contributed by atoms with Crippen LogP contribution in [0.5, 0.6) is 0 Å². The van der Waals surface area contributed by atoms with Crippen LogP contribution in [0.1, 0.15) is 18.7 Å². The number of hydrogen-bond acceptors (Lipinski definition) is 4. The third-order valence-electron chi connectivity index (χ3n) is 3.62. The van der Waals surface area contributed by atoms with Crippen molar-refractivity contribution in [3.8, 4) is 11.3 Å². The Morgan fingerprint density at radius 2 is 2.04 bits per heavy atom. The van der Waals surface area contributed by atoms with Crippen LogP contribution >= 0.6 is 34.5 Å². The van der Waals surface area contributed by atoms with Crippen LogP contribution in [0, 0.1) is 12.5 Å². The van der Waals surface area contributed by atoms with E-state index in [0.29, 0.717) is 27.5 Å². The van der Waals surface area contributed by atoms with E-state index in [1.807, 2.05) is 18.2 Å². The highest BCUT2D eigenvalue weighted by atomic mass is 35.5. The molecule has 1 aromatic carbocycles. The molecule has 0 saturated heterocycles. The summed E-state index contributed by atoms with van der Waals surface area (Å²) in [5.41, 5.74) is 2.46. The van der Waals surface area contributed by atoms with Crippen molar-refractivity contribution in [2.45, 2.75) is 20.3 Å². The van der Waals surface area contributed by atoms with Crippen molar-refractivity contribution < 1.29 is 0 Å². The van der Waals surface area contributed by atoms with Crippen LogP contribution < -0.4 is 5.32 Å². The van der Waals surface area contributed by atoms with Gasteiger partial charge in [0.25, 0.3) is 5.82 Å². The molecule has 0 spiro atoms. The summed E-state index contributed by atoms with van der Waals surface area (Å²) < 4.78 is 0. The molecular weight excluding hydrogens is 387 g/mol. The summed E-state index contributed by atoms with van der Waals surface area (Å²) in [6.07, 6.45) is 2.50. The van der Waals surface area contributed by atoms with Crippen molar-refractivity contribution in [2.24, 2.45) is 5.92 Å². The lowest BCUT2D eigenvalue weighted by Crippen LogP contribution is -1.94. The van der Waals surface area contributed by atoms with Gasteiger partial charge in [-0.25, -0.2) is 4.98 Å². The summed E-state index contributed by atoms with van der Waals surface area (Å²) in [7, 11) is 0. The Morgan fingerprint density at radius 3 is 2.73 bits per heavy atom. The van der Waals surface area contributed by atoms with E-state index < -0.39 is 0 Å². The minimum atomic E-state index is 0.323. The van der Waals surface area contributed by atoms with Gasteiger partial charge in [0.2, 0.25) is 0 Å². The number of pyridine rings is 1. The Kier molecular flexibility index (Phi) is 5.77. The van der Waals surface area contributed by atoms with Crippen LogP contribution in [-0.4, -0.2) is 9.97 Å². The number of benzene rings is 1. The lowest BCUT2D eigenvalue weighted by atomic mass is 10.0. The second kappa shape index (κ2) is 8.05. The van der Waals surface area contributed by atoms with Crippen molar-refractivity contribution in [1.82, 2.24) is 9.97 Å². The number of nitrogens with one attached hydrogen (secondary N) is 1. The summed E-state index contributed by atoms with van der Waals surface area (Å²) in [5, 5.41) is 4.97. The Labute approximate surface area is 166 Å². The summed E-state index contributed by atoms with van der Waals surface area (Å²) in [4.78, 5) is 13.4. The molecule has 0 radical (unpaired) electrons. The van der Waals surface area contributed by atoms with Gasteiger partial charge in [-0.2, -0.15) is 0 Å². The molecule has 132 valence electrons. The number of rotatable bonds is 5. The zero-order chi connectivity index (χ0) is 18.7. The van der Waals surface area contributed by atoms with E-state index in [4.69, 9.17) is 34.8 Å². The molecule has 1 N–H and O–H groups in total. The van der Waals surface area contributed by atoms with E-state index >= 15 is 0 Å². The fraction of sp³-hybridized carbons (Fsp3) is 0.211. The van der Waals surface area contributed by atoms with E-state index in [0.717, 1.165) is 27.7 Å². The van der Waals surface area contributed by atoms with Crippen LogP contribution in [0.2, 0.25) is 10.0 Å². The standard InChI is InChI=1S/C19H16Cl2N4S/c1-11(2)9-16-17(12-6-7-13(20)14(21)10-12)25-19(26-16)24-15-5-4-8-23-18(15)22-3/h4-8,10-11H,9H2,1-2H3,(H,24,25). The summed E-state index contributed by atoms with van der Waals surface area (Å²) >= 11 is 13.8. The fourth-order valence-electron chi connectivity index (χ4n) is 2.48. The molecule has 3 aromatic rings. The third kappa shape index (κ3) is 4.16. The average molecular weight is 403 g/mol. The van der Waals surface area contributed by atoms with Gasteiger partial charge in [-0.15, -0.1) is 16.3 Å². The van der Waals surface area contributed by atoms with Crippen molar-refractivity contribution in [1.29, 1.82) is 0 Å². The number of nitrogens with zero attached hydrogens (tertiary/aromatic N) is 3. The number of halogens is 2. The Hall–Kier alpha value is -2.13. The predicted octanol–water partition coefficient (Wildman–Crippen LogP) is 7.00. The molecule has 0 bridgehead atoms. The third-order valence-corrected chi connectivity index (χ3v) is 5.35. The molecule has 0 aliphatic rings. The summed E-state index contributed by atoms with van der Waals surface area (Å²) in [5.74, 6) is 0.811. The molecular formula is C19H16Cl2N4S. The number of thiazole rings is 1. The number of hydrogen-bond donors (Lipinski definition) is 1. The maximum absolute atomic E-state index is 7.25. The topological polar surface area (TPSA) is 42.2 Å². The minimum absolute atomic E-state index is 0.323. The van der Waals surface area contributed by atoms with Crippen LogP contribution in [0.15, 0.2) is 36.5 Å². The number of anilines is 2. The molecule has 0 aliphatic carbocycles. The average Bonchev–Trinajstić information content (AvgIpc) is 2.99. The molecule has 2 heterocycles. The van der Waals surface area contributed by atoms with Gasteiger partial charge >= 0.3 is 0 Å². The van der Waals surface area contributed by atoms with Gasteiger partial charge in [-0.05, 0) is 36.6 Å². The van der Waals surface area contributed by atoms with E-state index in [1.54, 1.807) is 29.7 Å². The maximum atomic E-state index is 7.25. The van der Waals surface area contributed by atoms with Crippen molar-refractivity contribution >= 4 is 51.2 Å². The molecule has 7 heteroatoms. The Bertz CT molecular complexity index is 976. The molecule has 0 aliphatic heterocycles. The summed E-state index contributed by atoms with van der Waals surface area (Å²) in [6.45, 7) is 11.6. The van der Waals surface area contributed by atoms with Crippen LogP contribution in [0.4, 0.5) is 16.6 Å². The predicted molar refractivity (Wildman–Crippen MR) is 110 cm³/mol.